The van der Waals surface area contributed by atoms with Gasteiger partial charge in [-0.25, -0.2) is 9.59 Å². The molecule has 196 valence electrons. The number of nitrogens with zero attached hydrogens (tertiary/aromatic N) is 3. The Morgan fingerprint density at radius 3 is 2.51 bits per heavy atom. The largest absolute Gasteiger partial charge is 0.478 e. The summed E-state index contributed by atoms with van der Waals surface area (Å²) in [6.07, 6.45) is 12.8. The molecule has 7 nitrogen and oxygen atoms in total. The van der Waals surface area contributed by atoms with E-state index in [9.17, 15) is 19.5 Å². The summed E-state index contributed by atoms with van der Waals surface area (Å²) in [5.41, 5.74) is 2.13. The Kier molecular flexibility index (Phi) is 9.09. The lowest BCUT2D eigenvalue weighted by molar-refractivity contribution is 0.0696. The predicted molar refractivity (Wildman–Crippen MR) is 144 cm³/mol. The molecule has 0 bridgehead atoms. The van der Waals surface area contributed by atoms with E-state index in [1.807, 2.05) is 30.3 Å². The van der Waals surface area contributed by atoms with Gasteiger partial charge in [-0.15, -0.1) is 4.68 Å². The van der Waals surface area contributed by atoms with Gasteiger partial charge in [0, 0.05) is 5.92 Å². The van der Waals surface area contributed by atoms with Crippen LogP contribution in [0.1, 0.15) is 91.8 Å². The SMILES string of the molecule is CCCCCCCC1CCCC(C(=O)n2ncn(Cc3ccc(-c4ccccc4C(=O)O)cc3)c2=O)C1. The van der Waals surface area contributed by atoms with Gasteiger partial charge in [-0.2, -0.15) is 5.10 Å². The van der Waals surface area contributed by atoms with Crippen LogP contribution >= 0.6 is 0 Å². The van der Waals surface area contributed by atoms with E-state index in [0.29, 0.717) is 11.5 Å². The third kappa shape index (κ3) is 6.64. The number of aromatic carboxylic acids is 1. The number of carbonyl (C=O) groups is 2. The van der Waals surface area contributed by atoms with Crippen molar-refractivity contribution in [1.29, 1.82) is 0 Å². The molecule has 2 atom stereocenters. The molecule has 0 spiro atoms. The van der Waals surface area contributed by atoms with Gasteiger partial charge in [-0.3, -0.25) is 9.36 Å². The first kappa shape index (κ1) is 26.6. The minimum absolute atomic E-state index is 0.135. The number of rotatable bonds is 11. The smallest absolute Gasteiger partial charge is 0.353 e. The Bertz CT molecular complexity index is 1260. The standard InChI is InChI=1S/C30H37N3O4/c1-2-3-4-5-6-10-22-11-9-12-25(19-22)28(34)33-30(37)32(21-31-33)20-23-15-17-24(18-16-23)26-13-7-8-14-27(26)29(35)36/h7-8,13-18,21-22,25H,2-6,9-12,19-20H2,1H3,(H,35,36). The average Bonchev–Trinajstić information content (AvgIpc) is 3.28. The van der Waals surface area contributed by atoms with Crippen molar-refractivity contribution in [2.45, 2.75) is 77.7 Å². The summed E-state index contributed by atoms with van der Waals surface area (Å²) in [5.74, 6) is -0.726. The molecule has 1 fully saturated rings. The number of carbonyl (C=O) groups excluding carboxylic acids is 1. The molecule has 1 aliphatic rings. The zero-order chi connectivity index (χ0) is 26.2. The summed E-state index contributed by atoms with van der Waals surface area (Å²) in [6.45, 7) is 2.51. The van der Waals surface area contributed by atoms with Gasteiger partial charge in [0.05, 0.1) is 12.1 Å². The van der Waals surface area contributed by atoms with Crippen LogP contribution in [0, 0.1) is 11.8 Å². The van der Waals surface area contributed by atoms with Gasteiger partial charge in [-0.05, 0) is 41.5 Å². The second kappa shape index (κ2) is 12.7. The number of hydrogen-bond donors (Lipinski definition) is 1. The minimum Gasteiger partial charge on any atom is -0.478 e. The molecule has 2 unspecified atom stereocenters. The third-order valence-corrected chi connectivity index (χ3v) is 7.57. The normalized spacial score (nSPS) is 17.5. The van der Waals surface area contributed by atoms with Crippen molar-refractivity contribution in [2.24, 2.45) is 11.8 Å². The first-order valence-corrected chi connectivity index (χ1v) is 13.6. The molecule has 1 heterocycles. The fourth-order valence-electron chi connectivity index (χ4n) is 5.49. The maximum Gasteiger partial charge on any atom is 0.353 e. The summed E-state index contributed by atoms with van der Waals surface area (Å²) in [4.78, 5) is 37.7. The Labute approximate surface area is 218 Å². The molecule has 37 heavy (non-hydrogen) atoms. The highest BCUT2D eigenvalue weighted by molar-refractivity contribution is 5.96. The highest BCUT2D eigenvalue weighted by atomic mass is 16.4. The molecule has 1 aromatic heterocycles. The van der Waals surface area contributed by atoms with Crippen LogP contribution in [-0.2, 0) is 6.54 Å². The van der Waals surface area contributed by atoms with Crippen LogP contribution in [0.15, 0.2) is 59.7 Å². The van der Waals surface area contributed by atoms with Gasteiger partial charge < -0.3 is 5.11 Å². The highest BCUT2D eigenvalue weighted by Crippen LogP contribution is 2.33. The van der Waals surface area contributed by atoms with E-state index < -0.39 is 11.7 Å². The Balaban J connectivity index is 1.38. The molecular weight excluding hydrogens is 466 g/mol. The monoisotopic (exact) mass is 503 g/mol. The number of benzene rings is 2. The molecular formula is C30H37N3O4. The van der Waals surface area contributed by atoms with Crippen molar-refractivity contribution in [1.82, 2.24) is 14.3 Å². The Hall–Kier alpha value is -3.48. The van der Waals surface area contributed by atoms with Crippen molar-refractivity contribution in [3.63, 3.8) is 0 Å². The lowest BCUT2D eigenvalue weighted by Crippen LogP contribution is -2.36. The fourth-order valence-corrected chi connectivity index (χ4v) is 5.49. The van der Waals surface area contributed by atoms with Crippen molar-refractivity contribution < 1.29 is 14.7 Å². The second-order valence-electron chi connectivity index (χ2n) is 10.3. The quantitative estimate of drug-likeness (QED) is 0.311. The lowest BCUT2D eigenvalue weighted by atomic mass is 9.78. The van der Waals surface area contributed by atoms with Gasteiger partial charge in [0.1, 0.15) is 6.33 Å². The van der Waals surface area contributed by atoms with Crippen LogP contribution in [0.25, 0.3) is 11.1 Å². The van der Waals surface area contributed by atoms with E-state index in [0.717, 1.165) is 35.1 Å². The van der Waals surface area contributed by atoms with Gasteiger partial charge in [0.2, 0.25) is 0 Å². The average molecular weight is 504 g/mol. The molecule has 1 saturated carbocycles. The molecule has 3 aromatic rings. The molecule has 0 saturated heterocycles. The van der Waals surface area contributed by atoms with E-state index >= 15 is 0 Å². The molecule has 2 aromatic carbocycles. The van der Waals surface area contributed by atoms with Gasteiger partial charge in [0.15, 0.2) is 0 Å². The van der Waals surface area contributed by atoms with Crippen molar-refractivity contribution >= 4 is 11.9 Å². The zero-order valence-corrected chi connectivity index (χ0v) is 21.6. The van der Waals surface area contributed by atoms with Crippen LogP contribution < -0.4 is 5.69 Å². The third-order valence-electron chi connectivity index (χ3n) is 7.57. The van der Waals surface area contributed by atoms with E-state index in [4.69, 9.17) is 0 Å². The van der Waals surface area contributed by atoms with Gasteiger partial charge >= 0.3 is 11.7 Å². The van der Waals surface area contributed by atoms with Gasteiger partial charge in [0.25, 0.3) is 5.91 Å². The number of aromatic nitrogens is 3. The van der Waals surface area contributed by atoms with Crippen LogP contribution in [0.3, 0.4) is 0 Å². The molecule has 0 amide bonds. The highest BCUT2D eigenvalue weighted by Gasteiger charge is 2.29. The maximum atomic E-state index is 13.2. The van der Waals surface area contributed by atoms with Crippen molar-refractivity contribution in [3.05, 3.63) is 76.5 Å². The summed E-state index contributed by atoms with van der Waals surface area (Å²) in [6, 6.07) is 14.3. The Morgan fingerprint density at radius 1 is 1.00 bits per heavy atom. The predicted octanol–water partition coefficient (Wildman–Crippen LogP) is 6.27. The molecule has 4 rings (SSSR count). The van der Waals surface area contributed by atoms with Crippen LogP contribution in [0.2, 0.25) is 0 Å². The van der Waals surface area contributed by atoms with Crippen LogP contribution in [0.5, 0.6) is 0 Å². The van der Waals surface area contributed by atoms with E-state index in [2.05, 4.69) is 12.0 Å². The first-order chi connectivity index (χ1) is 18.0. The van der Waals surface area contributed by atoms with Crippen molar-refractivity contribution in [3.8, 4) is 11.1 Å². The summed E-state index contributed by atoms with van der Waals surface area (Å²) in [5, 5.41) is 13.6. The molecule has 7 heteroatoms. The summed E-state index contributed by atoms with van der Waals surface area (Å²) in [7, 11) is 0. The Morgan fingerprint density at radius 2 is 1.76 bits per heavy atom. The van der Waals surface area contributed by atoms with E-state index in [1.54, 1.807) is 18.2 Å². The number of hydrogen-bond acceptors (Lipinski definition) is 4. The van der Waals surface area contributed by atoms with Gasteiger partial charge in [-0.1, -0.05) is 101 Å². The molecule has 0 aliphatic heterocycles. The topological polar surface area (TPSA) is 94.2 Å². The maximum absolute atomic E-state index is 13.2. The molecule has 1 N–H and O–H groups in total. The number of carboxylic acid groups (broad SMARTS) is 1. The molecule has 1 aliphatic carbocycles. The number of unbranched alkanes of at least 4 members (excludes halogenated alkanes) is 4. The second-order valence-corrected chi connectivity index (χ2v) is 10.3. The summed E-state index contributed by atoms with van der Waals surface area (Å²) < 4.78 is 2.50. The summed E-state index contributed by atoms with van der Waals surface area (Å²) >= 11 is 0. The van der Waals surface area contributed by atoms with E-state index in [-0.39, 0.29) is 23.9 Å². The molecule has 0 radical (unpaired) electrons. The number of carboxylic acids is 1. The fraction of sp³-hybridized carbons (Fsp3) is 0.467. The first-order valence-electron chi connectivity index (χ1n) is 13.6. The van der Waals surface area contributed by atoms with Crippen LogP contribution in [-0.4, -0.2) is 31.3 Å². The minimum atomic E-state index is -0.973. The lowest BCUT2D eigenvalue weighted by Gasteiger charge is -2.27. The zero-order valence-electron chi connectivity index (χ0n) is 21.6. The van der Waals surface area contributed by atoms with Crippen LogP contribution in [0.4, 0.5) is 0 Å². The van der Waals surface area contributed by atoms with E-state index in [1.165, 1.54) is 55.8 Å². The van der Waals surface area contributed by atoms with Crippen molar-refractivity contribution in [2.75, 3.05) is 0 Å².